The van der Waals surface area contributed by atoms with Crippen LogP contribution >= 0.6 is 23.2 Å². The van der Waals surface area contributed by atoms with Crippen molar-refractivity contribution in [2.75, 3.05) is 6.61 Å². The molecule has 0 bridgehead atoms. The molecule has 0 saturated heterocycles. The SMILES string of the molecule is CCCOC(Cc1ccc(Cl)c(Cl)c1)C(=O)O. The maximum absolute atomic E-state index is 11.0. The second-order valence-electron chi connectivity index (χ2n) is 3.65. The van der Waals surface area contributed by atoms with Gasteiger partial charge in [0.15, 0.2) is 6.10 Å². The summed E-state index contributed by atoms with van der Waals surface area (Å²) in [5.41, 5.74) is 0.794. The first-order chi connectivity index (χ1) is 8.04. The zero-order valence-corrected chi connectivity index (χ0v) is 11.0. The van der Waals surface area contributed by atoms with Gasteiger partial charge in [-0.3, -0.25) is 0 Å². The molecule has 0 fully saturated rings. The van der Waals surface area contributed by atoms with E-state index in [1.807, 2.05) is 6.92 Å². The van der Waals surface area contributed by atoms with Crippen LogP contribution in [0.2, 0.25) is 10.0 Å². The minimum Gasteiger partial charge on any atom is -0.479 e. The van der Waals surface area contributed by atoms with Gasteiger partial charge in [0, 0.05) is 13.0 Å². The summed E-state index contributed by atoms with van der Waals surface area (Å²) in [4.78, 5) is 11.0. The van der Waals surface area contributed by atoms with E-state index in [9.17, 15) is 4.79 Å². The average Bonchev–Trinajstić information content (AvgIpc) is 2.28. The molecule has 0 aromatic heterocycles. The molecule has 1 atom stereocenters. The summed E-state index contributed by atoms with van der Waals surface area (Å²) in [7, 11) is 0. The number of ether oxygens (including phenoxy) is 1. The zero-order valence-electron chi connectivity index (χ0n) is 9.45. The van der Waals surface area contributed by atoms with E-state index in [-0.39, 0.29) is 6.42 Å². The number of rotatable bonds is 6. The molecule has 1 aromatic carbocycles. The van der Waals surface area contributed by atoms with E-state index < -0.39 is 12.1 Å². The maximum atomic E-state index is 11.0. The minimum atomic E-state index is -0.968. The molecule has 0 aliphatic heterocycles. The predicted octanol–water partition coefficient (Wildman–Crippen LogP) is 3.42. The second-order valence-corrected chi connectivity index (χ2v) is 4.46. The number of hydrogen-bond donors (Lipinski definition) is 1. The van der Waals surface area contributed by atoms with Crippen molar-refractivity contribution in [3.8, 4) is 0 Å². The van der Waals surface area contributed by atoms with E-state index in [4.69, 9.17) is 33.0 Å². The number of hydrogen-bond acceptors (Lipinski definition) is 2. The van der Waals surface area contributed by atoms with E-state index in [0.29, 0.717) is 16.7 Å². The highest BCUT2D eigenvalue weighted by atomic mass is 35.5. The number of benzene rings is 1. The maximum Gasteiger partial charge on any atom is 0.333 e. The van der Waals surface area contributed by atoms with Gasteiger partial charge >= 0.3 is 5.97 Å². The molecule has 0 saturated carbocycles. The van der Waals surface area contributed by atoms with Crippen LogP contribution in [0.3, 0.4) is 0 Å². The van der Waals surface area contributed by atoms with Crippen LogP contribution in [-0.2, 0) is 16.0 Å². The number of carboxylic acid groups (broad SMARTS) is 1. The monoisotopic (exact) mass is 276 g/mol. The summed E-state index contributed by atoms with van der Waals surface area (Å²) in [6.07, 6.45) is 0.226. The minimum absolute atomic E-state index is 0.284. The van der Waals surface area contributed by atoms with Crippen LogP contribution in [0.5, 0.6) is 0 Å². The molecule has 3 nitrogen and oxygen atoms in total. The Hall–Kier alpha value is -0.770. The molecule has 1 N–H and O–H groups in total. The Morgan fingerprint density at radius 1 is 1.41 bits per heavy atom. The van der Waals surface area contributed by atoms with Crippen LogP contribution in [0.1, 0.15) is 18.9 Å². The lowest BCUT2D eigenvalue weighted by atomic mass is 10.1. The van der Waals surface area contributed by atoms with Gasteiger partial charge < -0.3 is 9.84 Å². The van der Waals surface area contributed by atoms with Crippen molar-refractivity contribution < 1.29 is 14.6 Å². The predicted molar refractivity (Wildman–Crippen MR) is 67.8 cm³/mol. The number of aliphatic carboxylic acids is 1. The van der Waals surface area contributed by atoms with Gasteiger partial charge in [0.1, 0.15) is 0 Å². The van der Waals surface area contributed by atoms with Crippen LogP contribution in [0, 0.1) is 0 Å². The summed E-state index contributed by atoms with van der Waals surface area (Å²) < 4.78 is 5.25. The first-order valence-corrected chi connectivity index (χ1v) is 6.08. The van der Waals surface area contributed by atoms with Gasteiger partial charge in [-0.25, -0.2) is 4.79 Å². The Kier molecular flexibility index (Phi) is 5.75. The molecule has 5 heteroatoms. The van der Waals surface area contributed by atoms with Crippen LogP contribution in [0.25, 0.3) is 0 Å². The Morgan fingerprint density at radius 2 is 2.12 bits per heavy atom. The molecule has 0 heterocycles. The van der Waals surface area contributed by atoms with Gasteiger partial charge in [0.05, 0.1) is 10.0 Å². The van der Waals surface area contributed by atoms with Gasteiger partial charge in [-0.05, 0) is 24.1 Å². The normalized spacial score (nSPS) is 12.4. The molecule has 0 amide bonds. The van der Waals surface area contributed by atoms with Gasteiger partial charge in [-0.1, -0.05) is 36.2 Å². The van der Waals surface area contributed by atoms with E-state index >= 15 is 0 Å². The van der Waals surface area contributed by atoms with Crippen LogP contribution in [0.4, 0.5) is 0 Å². The summed E-state index contributed by atoms with van der Waals surface area (Å²) in [5, 5.41) is 9.88. The molecule has 0 radical (unpaired) electrons. The van der Waals surface area contributed by atoms with Crippen molar-refractivity contribution in [2.24, 2.45) is 0 Å². The van der Waals surface area contributed by atoms with E-state index in [0.717, 1.165) is 12.0 Å². The first-order valence-electron chi connectivity index (χ1n) is 5.33. The Bertz CT molecular complexity index is 393. The lowest BCUT2D eigenvalue weighted by Gasteiger charge is -2.13. The van der Waals surface area contributed by atoms with Gasteiger partial charge in [-0.15, -0.1) is 0 Å². The quantitative estimate of drug-likeness (QED) is 0.866. The second kappa shape index (κ2) is 6.84. The summed E-state index contributed by atoms with van der Waals surface area (Å²) >= 11 is 11.6. The molecule has 0 spiro atoms. The van der Waals surface area contributed by atoms with Gasteiger partial charge in [-0.2, -0.15) is 0 Å². The fourth-order valence-electron chi connectivity index (χ4n) is 1.36. The molecule has 94 valence electrons. The van der Waals surface area contributed by atoms with Crippen LogP contribution < -0.4 is 0 Å². The fourth-order valence-corrected chi connectivity index (χ4v) is 1.68. The number of carboxylic acids is 1. The summed E-state index contributed by atoms with van der Waals surface area (Å²) in [5.74, 6) is -0.968. The summed E-state index contributed by atoms with van der Waals surface area (Å²) in [6.45, 7) is 2.36. The van der Waals surface area contributed by atoms with E-state index in [1.165, 1.54) is 0 Å². The molecular formula is C12H14Cl2O3. The third-order valence-electron chi connectivity index (χ3n) is 2.20. The third-order valence-corrected chi connectivity index (χ3v) is 2.94. The van der Waals surface area contributed by atoms with E-state index in [2.05, 4.69) is 0 Å². The zero-order chi connectivity index (χ0) is 12.8. The number of halogens is 2. The van der Waals surface area contributed by atoms with Gasteiger partial charge in [0.2, 0.25) is 0 Å². The van der Waals surface area contributed by atoms with Crippen molar-refractivity contribution in [3.63, 3.8) is 0 Å². The Morgan fingerprint density at radius 3 is 2.65 bits per heavy atom. The van der Waals surface area contributed by atoms with Crippen molar-refractivity contribution in [2.45, 2.75) is 25.9 Å². The molecule has 1 unspecified atom stereocenters. The van der Waals surface area contributed by atoms with Crippen molar-refractivity contribution in [1.82, 2.24) is 0 Å². The average molecular weight is 277 g/mol. The highest BCUT2D eigenvalue weighted by molar-refractivity contribution is 6.42. The van der Waals surface area contributed by atoms with Crippen molar-refractivity contribution in [1.29, 1.82) is 0 Å². The Labute approximate surface area is 110 Å². The van der Waals surface area contributed by atoms with Crippen molar-refractivity contribution >= 4 is 29.2 Å². The summed E-state index contributed by atoms with van der Waals surface area (Å²) in [6, 6.07) is 5.06. The van der Waals surface area contributed by atoms with Crippen LogP contribution in [-0.4, -0.2) is 23.8 Å². The third kappa shape index (κ3) is 4.54. The van der Waals surface area contributed by atoms with E-state index in [1.54, 1.807) is 18.2 Å². The lowest BCUT2D eigenvalue weighted by molar-refractivity contribution is -0.150. The molecular weight excluding hydrogens is 263 g/mol. The molecule has 0 aliphatic carbocycles. The van der Waals surface area contributed by atoms with Crippen LogP contribution in [0.15, 0.2) is 18.2 Å². The lowest BCUT2D eigenvalue weighted by Crippen LogP contribution is -2.26. The first kappa shape index (κ1) is 14.3. The van der Waals surface area contributed by atoms with Crippen molar-refractivity contribution in [3.05, 3.63) is 33.8 Å². The number of carbonyl (C=O) groups is 1. The fraction of sp³-hybridized carbons (Fsp3) is 0.417. The highest BCUT2D eigenvalue weighted by Gasteiger charge is 2.18. The molecule has 17 heavy (non-hydrogen) atoms. The van der Waals surface area contributed by atoms with Gasteiger partial charge in [0.25, 0.3) is 0 Å². The largest absolute Gasteiger partial charge is 0.479 e. The topological polar surface area (TPSA) is 46.5 Å². The standard InChI is InChI=1S/C12H14Cl2O3/c1-2-5-17-11(12(15)16)7-8-3-4-9(13)10(14)6-8/h3-4,6,11H,2,5,7H2,1H3,(H,15,16). The smallest absolute Gasteiger partial charge is 0.333 e. The Balaban J connectivity index is 2.71. The highest BCUT2D eigenvalue weighted by Crippen LogP contribution is 2.23. The molecule has 1 rings (SSSR count). The molecule has 1 aromatic rings. The molecule has 0 aliphatic rings.